The Morgan fingerprint density at radius 2 is 1.54 bits per heavy atom. The summed E-state index contributed by atoms with van der Waals surface area (Å²) in [5.41, 5.74) is 3.31. The molecule has 0 aromatic heterocycles. The lowest BCUT2D eigenvalue weighted by molar-refractivity contribution is 0.134. The van der Waals surface area contributed by atoms with E-state index in [1.54, 1.807) is 12.1 Å². The highest BCUT2D eigenvalue weighted by Gasteiger charge is 2.00. The molecule has 2 N–H and O–H groups in total. The molecule has 0 atom stereocenters. The van der Waals surface area contributed by atoms with Crippen LogP contribution in [0.4, 0.5) is 4.39 Å². The lowest BCUT2D eigenvalue weighted by atomic mass is 10.1. The van der Waals surface area contributed by atoms with Crippen LogP contribution in [-0.4, -0.2) is 19.1 Å². The first-order valence-corrected chi connectivity index (χ1v) is 8.63. The van der Waals surface area contributed by atoms with Crippen molar-refractivity contribution < 1.29 is 9.13 Å². The van der Waals surface area contributed by atoms with Gasteiger partial charge in [0.05, 0.1) is 13.2 Å². The molecule has 0 bridgehead atoms. The summed E-state index contributed by atoms with van der Waals surface area (Å²) >= 11 is 0. The Hall–Kier alpha value is -1.67. The van der Waals surface area contributed by atoms with Gasteiger partial charge in [0.25, 0.3) is 0 Å². The molecule has 4 nitrogen and oxygen atoms in total. The summed E-state index contributed by atoms with van der Waals surface area (Å²) in [5.74, 6) is 0.510. The topological polar surface area (TPSA) is 45.7 Å². The number of nitrogens with one attached hydrogen (secondary N) is 2. The van der Waals surface area contributed by atoms with E-state index in [0.29, 0.717) is 19.7 Å². The van der Waals surface area contributed by atoms with Gasteiger partial charge in [-0.1, -0.05) is 36.4 Å². The summed E-state index contributed by atoms with van der Waals surface area (Å²) in [5, 5.41) is 6.53. The third-order valence-electron chi connectivity index (χ3n) is 3.63. The van der Waals surface area contributed by atoms with Crippen molar-refractivity contribution in [3.63, 3.8) is 0 Å². The molecular formula is C20H27FIN3O. The van der Waals surface area contributed by atoms with Gasteiger partial charge >= 0.3 is 0 Å². The molecule has 0 aliphatic rings. The van der Waals surface area contributed by atoms with Gasteiger partial charge in [0.15, 0.2) is 5.96 Å². The van der Waals surface area contributed by atoms with E-state index in [1.165, 1.54) is 23.3 Å². The van der Waals surface area contributed by atoms with Gasteiger partial charge in [-0.25, -0.2) is 9.38 Å². The molecule has 2 rings (SSSR count). The molecule has 0 unspecified atom stereocenters. The van der Waals surface area contributed by atoms with Gasteiger partial charge in [-0.3, -0.25) is 0 Å². The Labute approximate surface area is 172 Å². The van der Waals surface area contributed by atoms with Gasteiger partial charge in [0.2, 0.25) is 0 Å². The van der Waals surface area contributed by atoms with Crippen molar-refractivity contribution in [3.8, 4) is 0 Å². The fourth-order valence-electron chi connectivity index (χ4n) is 2.26. The van der Waals surface area contributed by atoms with Gasteiger partial charge in [-0.2, -0.15) is 0 Å². The minimum atomic E-state index is -0.231. The van der Waals surface area contributed by atoms with Crippen LogP contribution in [0.15, 0.2) is 53.5 Å². The number of nitrogens with zero attached hydrogens (tertiary/aromatic N) is 1. The summed E-state index contributed by atoms with van der Waals surface area (Å²) in [7, 11) is 0. The van der Waals surface area contributed by atoms with Crippen LogP contribution in [0.5, 0.6) is 0 Å². The molecule has 0 heterocycles. The van der Waals surface area contributed by atoms with E-state index in [2.05, 4.69) is 39.9 Å². The fourth-order valence-corrected chi connectivity index (χ4v) is 2.26. The van der Waals surface area contributed by atoms with Gasteiger partial charge in [0.1, 0.15) is 5.82 Å². The number of aliphatic imine (C=N–C) groups is 1. The number of hydrogen-bond donors (Lipinski definition) is 2. The third-order valence-corrected chi connectivity index (χ3v) is 3.63. The van der Waals surface area contributed by atoms with E-state index >= 15 is 0 Å². The van der Waals surface area contributed by atoms with Crippen LogP contribution in [0.1, 0.15) is 30.5 Å². The number of rotatable bonds is 8. The van der Waals surface area contributed by atoms with Crippen molar-refractivity contribution in [2.24, 2.45) is 4.99 Å². The van der Waals surface area contributed by atoms with Crippen LogP contribution in [-0.2, 0) is 24.4 Å². The zero-order valence-electron chi connectivity index (χ0n) is 15.3. The zero-order chi connectivity index (χ0) is 17.9. The number of benzene rings is 2. The summed E-state index contributed by atoms with van der Waals surface area (Å²) in [6, 6.07) is 14.7. The Morgan fingerprint density at radius 3 is 2.15 bits per heavy atom. The summed E-state index contributed by atoms with van der Waals surface area (Å²) in [6.45, 7) is 7.35. The van der Waals surface area contributed by atoms with Crippen molar-refractivity contribution in [1.82, 2.24) is 10.6 Å². The quantitative estimate of drug-likeness (QED) is 0.344. The number of ether oxygens (including phenoxy) is 1. The van der Waals surface area contributed by atoms with Crippen LogP contribution < -0.4 is 10.6 Å². The van der Waals surface area contributed by atoms with Crippen LogP contribution in [0.2, 0.25) is 0 Å². The maximum absolute atomic E-state index is 12.9. The van der Waals surface area contributed by atoms with Crippen molar-refractivity contribution in [1.29, 1.82) is 0 Å². The molecule has 0 amide bonds. The Kier molecular flexibility index (Phi) is 10.9. The largest absolute Gasteiger partial charge is 0.377 e. The average molecular weight is 471 g/mol. The summed E-state index contributed by atoms with van der Waals surface area (Å²) < 4.78 is 18.3. The molecule has 0 radical (unpaired) electrons. The Morgan fingerprint density at radius 1 is 0.923 bits per heavy atom. The Bertz CT molecular complexity index is 660. The molecule has 26 heavy (non-hydrogen) atoms. The van der Waals surface area contributed by atoms with E-state index in [9.17, 15) is 4.39 Å². The van der Waals surface area contributed by atoms with Crippen molar-refractivity contribution in [2.75, 3.05) is 13.2 Å². The number of hydrogen-bond acceptors (Lipinski definition) is 2. The van der Waals surface area contributed by atoms with Gasteiger partial charge in [0, 0.05) is 19.7 Å². The molecule has 6 heteroatoms. The molecule has 0 saturated carbocycles. The van der Waals surface area contributed by atoms with Crippen LogP contribution in [0.25, 0.3) is 0 Å². The van der Waals surface area contributed by atoms with Gasteiger partial charge in [-0.15, -0.1) is 24.0 Å². The first-order valence-electron chi connectivity index (χ1n) is 8.63. The first-order chi connectivity index (χ1) is 12.2. The summed E-state index contributed by atoms with van der Waals surface area (Å²) in [6.07, 6.45) is 0. The first kappa shape index (κ1) is 22.4. The maximum Gasteiger partial charge on any atom is 0.191 e. The Balaban J connectivity index is 0.00000338. The predicted octanol–water partition coefficient (Wildman–Crippen LogP) is 4.24. The predicted molar refractivity (Wildman–Crippen MR) is 115 cm³/mol. The maximum atomic E-state index is 12.9. The summed E-state index contributed by atoms with van der Waals surface area (Å²) in [4.78, 5) is 4.54. The van der Waals surface area contributed by atoms with E-state index in [-0.39, 0.29) is 29.8 Å². The molecule has 0 aliphatic carbocycles. The van der Waals surface area contributed by atoms with Gasteiger partial charge in [-0.05, 0) is 42.7 Å². The van der Waals surface area contributed by atoms with E-state index in [0.717, 1.165) is 24.7 Å². The second kappa shape index (κ2) is 12.6. The lowest BCUT2D eigenvalue weighted by Gasteiger charge is -2.12. The van der Waals surface area contributed by atoms with Crippen molar-refractivity contribution in [3.05, 3.63) is 71.0 Å². The average Bonchev–Trinajstić information content (AvgIpc) is 2.64. The van der Waals surface area contributed by atoms with E-state index in [4.69, 9.17) is 4.74 Å². The van der Waals surface area contributed by atoms with Crippen LogP contribution in [0.3, 0.4) is 0 Å². The number of guanidine groups is 1. The van der Waals surface area contributed by atoms with Crippen LogP contribution in [0, 0.1) is 5.82 Å². The van der Waals surface area contributed by atoms with Crippen molar-refractivity contribution >= 4 is 29.9 Å². The van der Waals surface area contributed by atoms with Crippen molar-refractivity contribution in [2.45, 2.75) is 33.5 Å². The van der Waals surface area contributed by atoms with Gasteiger partial charge < -0.3 is 15.4 Å². The zero-order valence-corrected chi connectivity index (χ0v) is 17.6. The highest BCUT2D eigenvalue weighted by Crippen LogP contribution is 2.06. The molecule has 2 aromatic rings. The minimum absolute atomic E-state index is 0. The standard InChI is InChI=1S/C20H26FN3O.HI/c1-3-22-20(24-14-17-9-11-19(21)12-10-17)23-13-16-5-7-18(8-6-16)15-25-4-2;/h5-12H,3-4,13-15H2,1-2H3,(H2,22,23,24);1H. The monoisotopic (exact) mass is 471 g/mol. The second-order valence-electron chi connectivity index (χ2n) is 5.63. The van der Waals surface area contributed by atoms with E-state index < -0.39 is 0 Å². The highest BCUT2D eigenvalue weighted by molar-refractivity contribution is 14.0. The lowest BCUT2D eigenvalue weighted by Crippen LogP contribution is -2.36. The van der Waals surface area contributed by atoms with Crippen LogP contribution >= 0.6 is 24.0 Å². The number of halogens is 2. The smallest absolute Gasteiger partial charge is 0.191 e. The normalized spacial score (nSPS) is 11.0. The molecule has 0 fully saturated rings. The highest BCUT2D eigenvalue weighted by atomic mass is 127. The molecular weight excluding hydrogens is 444 g/mol. The molecule has 0 saturated heterocycles. The molecule has 142 valence electrons. The molecule has 0 aliphatic heterocycles. The minimum Gasteiger partial charge on any atom is -0.377 e. The van der Waals surface area contributed by atoms with E-state index in [1.807, 2.05) is 13.8 Å². The SMILES string of the molecule is CCNC(=NCc1ccc(F)cc1)NCc1ccc(COCC)cc1.I. The second-order valence-corrected chi connectivity index (χ2v) is 5.63. The third kappa shape index (κ3) is 8.14. The fraction of sp³-hybridized carbons (Fsp3) is 0.350. The molecule has 0 spiro atoms. The molecule has 2 aromatic carbocycles.